The van der Waals surface area contributed by atoms with Gasteiger partial charge in [0.1, 0.15) is 6.23 Å². The van der Waals surface area contributed by atoms with Crippen LogP contribution in [0.25, 0.3) is 0 Å². The summed E-state index contributed by atoms with van der Waals surface area (Å²) in [4.78, 5) is 13.8. The Labute approximate surface area is 115 Å². The lowest BCUT2D eigenvalue weighted by Crippen LogP contribution is -2.39. The fraction of sp³-hybridized carbons (Fsp3) is 0.562. The number of carbonyl (C=O) groups excluding carboxylic acids is 1. The Kier molecular flexibility index (Phi) is 4.97. The monoisotopic (exact) mass is 261 g/mol. The first-order valence-corrected chi connectivity index (χ1v) is 7.13. The molecule has 1 fully saturated rings. The lowest BCUT2D eigenvalue weighted by Gasteiger charge is -2.28. The van der Waals surface area contributed by atoms with E-state index in [0.717, 1.165) is 31.4 Å². The van der Waals surface area contributed by atoms with Gasteiger partial charge in [0.25, 0.3) is 0 Å². The van der Waals surface area contributed by atoms with Crippen molar-refractivity contribution in [2.24, 2.45) is 0 Å². The van der Waals surface area contributed by atoms with Crippen molar-refractivity contribution in [2.75, 3.05) is 6.54 Å². The molecular weight excluding hydrogens is 238 g/mol. The fourth-order valence-electron chi connectivity index (χ4n) is 2.38. The topological polar surface area (TPSA) is 29.5 Å². The van der Waals surface area contributed by atoms with Crippen molar-refractivity contribution in [2.45, 2.75) is 52.4 Å². The molecule has 3 heteroatoms. The zero-order chi connectivity index (χ0) is 13.7. The first-order chi connectivity index (χ1) is 9.16. The van der Waals surface area contributed by atoms with Crippen molar-refractivity contribution in [3.05, 3.63) is 35.4 Å². The van der Waals surface area contributed by atoms with Gasteiger partial charge >= 0.3 is 0 Å². The van der Waals surface area contributed by atoms with Gasteiger partial charge in [0.2, 0.25) is 5.91 Å². The third-order valence-electron chi connectivity index (χ3n) is 3.66. The Hall–Kier alpha value is -1.35. The molecule has 0 N–H and O–H groups in total. The molecule has 19 heavy (non-hydrogen) atoms. The quantitative estimate of drug-likeness (QED) is 0.832. The van der Waals surface area contributed by atoms with Crippen LogP contribution in [-0.2, 0) is 16.1 Å². The molecule has 0 spiro atoms. The summed E-state index contributed by atoms with van der Waals surface area (Å²) in [5, 5.41) is 0. The number of benzene rings is 1. The van der Waals surface area contributed by atoms with Crippen LogP contribution in [0, 0.1) is 6.92 Å². The summed E-state index contributed by atoms with van der Waals surface area (Å²) in [6, 6.07) is 8.32. The van der Waals surface area contributed by atoms with Gasteiger partial charge in [-0.05, 0) is 32.3 Å². The highest BCUT2D eigenvalue weighted by Crippen LogP contribution is 2.15. The van der Waals surface area contributed by atoms with Crippen LogP contribution in [0.1, 0.15) is 43.7 Å². The van der Waals surface area contributed by atoms with Crippen LogP contribution in [0.2, 0.25) is 0 Å². The number of amides is 1. The molecule has 1 unspecified atom stereocenters. The summed E-state index contributed by atoms with van der Waals surface area (Å²) in [5.41, 5.74) is 2.40. The first kappa shape index (κ1) is 14.1. The molecule has 1 saturated heterocycles. The number of likely N-dealkylation sites (tertiary alicyclic amines) is 1. The lowest BCUT2D eigenvalue weighted by atomic mass is 10.2. The minimum absolute atomic E-state index is 0.132. The van der Waals surface area contributed by atoms with Crippen LogP contribution < -0.4 is 0 Å². The van der Waals surface area contributed by atoms with E-state index >= 15 is 0 Å². The Morgan fingerprint density at radius 1 is 1.21 bits per heavy atom. The average Bonchev–Trinajstić information content (AvgIpc) is 2.62. The van der Waals surface area contributed by atoms with Crippen LogP contribution in [0.5, 0.6) is 0 Å². The fourth-order valence-corrected chi connectivity index (χ4v) is 2.38. The van der Waals surface area contributed by atoms with E-state index in [1.807, 2.05) is 11.8 Å². The molecule has 1 amide bonds. The first-order valence-electron chi connectivity index (χ1n) is 7.13. The molecule has 2 rings (SSSR count). The van der Waals surface area contributed by atoms with Crippen LogP contribution in [-0.4, -0.2) is 23.6 Å². The van der Waals surface area contributed by atoms with Gasteiger partial charge in [0.15, 0.2) is 0 Å². The summed E-state index contributed by atoms with van der Waals surface area (Å²) in [6.45, 7) is 5.43. The van der Waals surface area contributed by atoms with Gasteiger partial charge in [0, 0.05) is 13.0 Å². The van der Waals surface area contributed by atoms with Crippen LogP contribution in [0.4, 0.5) is 0 Å². The predicted molar refractivity (Wildman–Crippen MR) is 75.6 cm³/mol. The number of carbonyl (C=O) groups is 1. The molecule has 1 aromatic carbocycles. The van der Waals surface area contributed by atoms with Crippen LogP contribution in [0.15, 0.2) is 24.3 Å². The van der Waals surface area contributed by atoms with Crippen molar-refractivity contribution in [1.29, 1.82) is 0 Å². The van der Waals surface area contributed by atoms with Crippen molar-refractivity contribution in [1.82, 2.24) is 4.90 Å². The van der Waals surface area contributed by atoms with Gasteiger partial charge in [-0.2, -0.15) is 0 Å². The van der Waals surface area contributed by atoms with Crippen molar-refractivity contribution >= 4 is 5.91 Å². The van der Waals surface area contributed by atoms with E-state index < -0.39 is 0 Å². The van der Waals surface area contributed by atoms with E-state index in [-0.39, 0.29) is 12.1 Å². The highest BCUT2D eigenvalue weighted by molar-refractivity contribution is 5.76. The molecule has 0 aromatic heterocycles. The maximum Gasteiger partial charge on any atom is 0.224 e. The molecular formula is C16H23NO2. The molecule has 1 heterocycles. The Morgan fingerprint density at radius 3 is 2.68 bits per heavy atom. The average molecular weight is 261 g/mol. The van der Waals surface area contributed by atoms with Gasteiger partial charge in [-0.3, -0.25) is 4.79 Å². The van der Waals surface area contributed by atoms with E-state index in [4.69, 9.17) is 4.74 Å². The Morgan fingerprint density at radius 2 is 1.95 bits per heavy atom. The number of nitrogens with zero attached hydrogens (tertiary/aromatic N) is 1. The van der Waals surface area contributed by atoms with Crippen LogP contribution in [0.3, 0.4) is 0 Å². The summed E-state index contributed by atoms with van der Waals surface area (Å²) in [6.07, 6.45) is 3.78. The minimum atomic E-state index is -0.132. The van der Waals surface area contributed by atoms with Gasteiger partial charge in [0.05, 0.1) is 6.61 Å². The smallest absolute Gasteiger partial charge is 0.224 e. The van der Waals surface area contributed by atoms with E-state index in [0.29, 0.717) is 13.0 Å². The normalized spacial score (nSPS) is 18.2. The predicted octanol–water partition coefficient (Wildman–Crippen LogP) is 3.26. The lowest BCUT2D eigenvalue weighted by molar-refractivity contribution is -0.145. The number of rotatable bonds is 4. The Bertz CT molecular complexity index is 413. The zero-order valence-electron chi connectivity index (χ0n) is 11.9. The largest absolute Gasteiger partial charge is 0.354 e. The SMILES string of the molecule is Cc1ccc(COC(C)N2CCCCCC2=O)cc1. The van der Waals surface area contributed by atoms with Crippen molar-refractivity contribution in [3.63, 3.8) is 0 Å². The number of aryl methyl sites for hydroxylation is 1. The van der Waals surface area contributed by atoms with E-state index in [2.05, 4.69) is 31.2 Å². The Balaban J connectivity index is 1.87. The number of hydrogen-bond acceptors (Lipinski definition) is 2. The second-order valence-corrected chi connectivity index (χ2v) is 5.29. The van der Waals surface area contributed by atoms with Gasteiger partial charge in [-0.1, -0.05) is 36.2 Å². The number of ether oxygens (including phenoxy) is 1. The third-order valence-corrected chi connectivity index (χ3v) is 3.66. The molecule has 1 aliphatic rings. The van der Waals surface area contributed by atoms with E-state index in [1.165, 1.54) is 5.56 Å². The molecule has 0 radical (unpaired) electrons. The molecule has 104 valence electrons. The van der Waals surface area contributed by atoms with Crippen molar-refractivity contribution in [3.8, 4) is 0 Å². The maximum absolute atomic E-state index is 12.0. The molecule has 1 aliphatic heterocycles. The molecule has 3 nitrogen and oxygen atoms in total. The second-order valence-electron chi connectivity index (χ2n) is 5.29. The maximum atomic E-state index is 12.0. The summed E-state index contributed by atoms with van der Waals surface area (Å²) in [5.74, 6) is 0.230. The van der Waals surface area contributed by atoms with Gasteiger partial charge < -0.3 is 9.64 Å². The van der Waals surface area contributed by atoms with E-state index in [1.54, 1.807) is 0 Å². The standard InChI is InChI=1S/C16H23NO2/c1-13-7-9-15(10-8-13)12-19-14(2)17-11-5-3-4-6-16(17)18/h7-10,14H,3-6,11-12H2,1-2H3. The summed E-state index contributed by atoms with van der Waals surface area (Å²) >= 11 is 0. The summed E-state index contributed by atoms with van der Waals surface area (Å²) in [7, 11) is 0. The highest BCUT2D eigenvalue weighted by atomic mass is 16.5. The molecule has 0 aliphatic carbocycles. The van der Waals surface area contributed by atoms with E-state index in [9.17, 15) is 4.79 Å². The zero-order valence-corrected chi connectivity index (χ0v) is 11.9. The second kappa shape index (κ2) is 6.71. The highest BCUT2D eigenvalue weighted by Gasteiger charge is 2.22. The molecule has 1 atom stereocenters. The van der Waals surface area contributed by atoms with Crippen LogP contribution >= 0.6 is 0 Å². The minimum Gasteiger partial charge on any atom is -0.354 e. The molecule has 0 bridgehead atoms. The van der Waals surface area contributed by atoms with Gasteiger partial charge in [-0.15, -0.1) is 0 Å². The third kappa shape index (κ3) is 4.06. The molecule has 0 saturated carbocycles. The summed E-state index contributed by atoms with van der Waals surface area (Å²) < 4.78 is 5.84. The molecule has 1 aromatic rings. The van der Waals surface area contributed by atoms with Gasteiger partial charge in [-0.25, -0.2) is 0 Å². The number of hydrogen-bond donors (Lipinski definition) is 0. The van der Waals surface area contributed by atoms with Crippen molar-refractivity contribution < 1.29 is 9.53 Å².